The van der Waals surface area contributed by atoms with E-state index < -0.39 is 10.8 Å². The average molecular weight is 829 g/mol. The molecule has 9 aromatic rings. The molecule has 2 aliphatic rings. The number of fused-ring (bicyclic) bond motifs is 7. The maximum Gasteiger partial charge on any atom is 0.137 e. The van der Waals surface area contributed by atoms with Crippen molar-refractivity contribution in [2.45, 2.75) is 52.4 Å². The van der Waals surface area contributed by atoms with Crippen LogP contribution >= 0.6 is 45.3 Å². The molecule has 4 aromatic heterocycles. The summed E-state index contributed by atoms with van der Waals surface area (Å²) in [5, 5.41) is 0. The Bertz CT molecular complexity index is 2990. The SMILES string of the molecule is Cc1ccc(C2(c3ccc(C)cc3)c3cc(C)sc3-c3c(F)c4c(c(F)c32)-c2sc(-c3cc5sc(C)cc5s3)cc2C4(c2ccc(C)cc2)c2ccc(C)cc2)cc1. The lowest BCUT2D eigenvalue weighted by molar-refractivity contribution is 0.558. The van der Waals surface area contributed by atoms with Crippen LogP contribution in [0.5, 0.6) is 0 Å². The molecule has 0 unspecified atom stereocenters. The maximum atomic E-state index is 19.2. The summed E-state index contributed by atoms with van der Waals surface area (Å²) >= 11 is 6.75. The molecule has 5 aromatic carbocycles. The summed E-state index contributed by atoms with van der Waals surface area (Å²) in [7, 11) is 0. The van der Waals surface area contributed by atoms with E-state index >= 15 is 8.78 Å². The number of benzene rings is 5. The smallest absolute Gasteiger partial charge is 0.137 e. The first-order chi connectivity index (χ1) is 28.0. The van der Waals surface area contributed by atoms with E-state index in [9.17, 15) is 0 Å². The van der Waals surface area contributed by atoms with Crippen LogP contribution in [0.4, 0.5) is 8.78 Å². The van der Waals surface area contributed by atoms with E-state index in [2.05, 4.69) is 163 Å². The van der Waals surface area contributed by atoms with Crippen LogP contribution < -0.4 is 0 Å². The monoisotopic (exact) mass is 828 g/mol. The van der Waals surface area contributed by atoms with Gasteiger partial charge in [-0.25, -0.2) is 8.78 Å². The van der Waals surface area contributed by atoms with E-state index in [0.717, 1.165) is 80.0 Å². The van der Waals surface area contributed by atoms with Crippen molar-refractivity contribution in [1.82, 2.24) is 0 Å². The van der Waals surface area contributed by atoms with Crippen LogP contribution in [0.3, 0.4) is 0 Å². The number of aryl methyl sites for hydroxylation is 6. The first kappa shape index (κ1) is 36.1. The van der Waals surface area contributed by atoms with E-state index in [1.807, 2.05) is 0 Å². The summed E-state index contributed by atoms with van der Waals surface area (Å²) in [6.45, 7) is 12.5. The Balaban J connectivity index is 1.32. The van der Waals surface area contributed by atoms with Gasteiger partial charge in [-0.3, -0.25) is 0 Å². The molecule has 0 spiro atoms. The lowest BCUT2D eigenvalue weighted by Gasteiger charge is -2.36. The molecule has 6 heteroatoms. The molecule has 0 N–H and O–H groups in total. The maximum absolute atomic E-state index is 19.2. The number of thiophene rings is 4. The predicted molar refractivity (Wildman–Crippen MR) is 244 cm³/mol. The quantitative estimate of drug-likeness (QED) is 0.162. The van der Waals surface area contributed by atoms with Gasteiger partial charge in [0.05, 0.1) is 10.8 Å². The van der Waals surface area contributed by atoms with Gasteiger partial charge >= 0.3 is 0 Å². The molecule has 284 valence electrons. The van der Waals surface area contributed by atoms with Gasteiger partial charge in [-0.2, -0.15) is 0 Å². The molecule has 2 aliphatic carbocycles. The topological polar surface area (TPSA) is 0 Å². The van der Waals surface area contributed by atoms with Crippen LogP contribution in [-0.2, 0) is 10.8 Å². The first-order valence-electron chi connectivity index (χ1n) is 19.6. The molecule has 11 rings (SSSR count). The average Bonchev–Trinajstić information content (AvgIpc) is 4.04. The van der Waals surface area contributed by atoms with Crippen LogP contribution in [0.25, 0.3) is 40.0 Å². The number of hydrogen-bond acceptors (Lipinski definition) is 4. The molecular formula is C52H38F2S4. The van der Waals surface area contributed by atoms with Gasteiger partial charge in [-0.1, -0.05) is 119 Å². The zero-order valence-electron chi connectivity index (χ0n) is 32.9. The predicted octanol–water partition coefficient (Wildman–Crippen LogP) is 15.6. The van der Waals surface area contributed by atoms with Crippen molar-refractivity contribution in [3.05, 3.63) is 209 Å². The highest BCUT2D eigenvalue weighted by atomic mass is 32.1. The molecule has 0 bridgehead atoms. The Morgan fingerprint density at radius 2 is 0.741 bits per heavy atom. The van der Waals surface area contributed by atoms with Crippen LogP contribution in [0.15, 0.2) is 121 Å². The second-order valence-corrected chi connectivity index (χ2v) is 20.9. The Labute approximate surface area is 353 Å². The van der Waals surface area contributed by atoms with E-state index in [0.29, 0.717) is 22.3 Å². The fourth-order valence-corrected chi connectivity index (χ4v) is 14.6. The fourth-order valence-electron chi connectivity index (χ4n) is 9.87. The second kappa shape index (κ2) is 12.8. The van der Waals surface area contributed by atoms with Gasteiger partial charge in [0.25, 0.3) is 0 Å². The van der Waals surface area contributed by atoms with Crippen molar-refractivity contribution in [2.24, 2.45) is 0 Å². The Kier molecular flexibility index (Phi) is 7.95. The molecule has 0 amide bonds. The van der Waals surface area contributed by atoms with Crippen molar-refractivity contribution in [1.29, 1.82) is 0 Å². The minimum atomic E-state index is -1.11. The van der Waals surface area contributed by atoms with Crippen LogP contribution in [-0.4, -0.2) is 0 Å². The molecule has 0 saturated carbocycles. The number of hydrogen-bond donors (Lipinski definition) is 0. The van der Waals surface area contributed by atoms with E-state index in [1.54, 1.807) is 45.3 Å². The summed E-state index contributed by atoms with van der Waals surface area (Å²) in [4.78, 5) is 6.18. The number of rotatable bonds is 5. The largest absolute Gasteiger partial charge is 0.206 e. The van der Waals surface area contributed by atoms with Gasteiger partial charge in [0.15, 0.2) is 0 Å². The van der Waals surface area contributed by atoms with Gasteiger partial charge in [-0.05, 0) is 99.2 Å². The molecule has 4 heterocycles. The highest BCUT2D eigenvalue weighted by Gasteiger charge is 2.57. The lowest BCUT2D eigenvalue weighted by Crippen LogP contribution is -2.32. The second-order valence-electron chi connectivity index (χ2n) is 16.2. The summed E-state index contributed by atoms with van der Waals surface area (Å²) in [6.07, 6.45) is 0. The summed E-state index contributed by atoms with van der Waals surface area (Å²) in [5.74, 6) is -0.680. The molecular weight excluding hydrogens is 791 g/mol. The van der Waals surface area contributed by atoms with Crippen LogP contribution in [0.1, 0.15) is 76.5 Å². The standard InChI is InChI=1S/C52H38F2S4/c1-27-7-15-33(16-8-27)51(34-17-9-28(2)10-18-34)37-23-31(5)56-49(37)43-45(51)48(54)44-46(47(43)53)52(35-19-11-29(3)12-20-35,36-21-13-30(4)14-22-36)38-25-40(58-50(38)44)42-26-41-39(57-42)24-32(6)55-41/h7-26H,1-6H3. The van der Waals surface area contributed by atoms with Gasteiger partial charge in [-0.15, -0.1) is 45.3 Å². The molecule has 0 nitrogen and oxygen atoms in total. The van der Waals surface area contributed by atoms with Crippen molar-refractivity contribution < 1.29 is 8.78 Å². The Morgan fingerprint density at radius 1 is 0.379 bits per heavy atom. The molecule has 58 heavy (non-hydrogen) atoms. The molecule has 0 atom stereocenters. The van der Waals surface area contributed by atoms with Crippen molar-refractivity contribution in [3.8, 4) is 30.6 Å². The highest BCUT2D eigenvalue weighted by Crippen LogP contribution is 2.67. The normalized spacial score (nSPS) is 14.5. The minimum Gasteiger partial charge on any atom is -0.206 e. The van der Waals surface area contributed by atoms with Gasteiger partial charge in [0.2, 0.25) is 0 Å². The highest BCUT2D eigenvalue weighted by molar-refractivity contribution is 7.31. The molecule has 0 saturated heterocycles. The minimum absolute atomic E-state index is 0.339. The Hall–Kier alpha value is -4.98. The first-order valence-corrected chi connectivity index (χ1v) is 22.9. The summed E-state index contributed by atoms with van der Waals surface area (Å²) in [5.41, 5.74) is 9.45. The molecule has 0 aliphatic heterocycles. The van der Waals surface area contributed by atoms with E-state index in [-0.39, 0.29) is 11.6 Å². The van der Waals surface area contributed by atoms with Gasteiger partial charge in [0, 0.05) is 60.9 Å². The Morgan fingerprint density at radius 3 is 1.17 bits per heavy atom. The zero-order chi connectivity index (χ0) is 39.8. The third-order valence-electron chi connectivity index (χ3n) is 12.5. The van der Waals surface area contributed by atoms with Crippen molar-refractivity contribution in [3.63, 3.8) is 0 Å². The summed E-state index contributed by atoms with van der Waals surface area (Å²) < 4.78 is 40.9. The fraction of sp³-hybridized carbons (Fsp3) is 0.154. The zero-order valence-corrected chi connectivity index (χ0v) is 36.2. The van der Waals surface area contributed by atoms with E-state index in [1.165, 1.54) is 14.3 Å². The van der Waals surface area contributed by atoms with Gasteiger partial charge in [0.1, 0.15) is 11.6 Å². The number of halogens is 2. The van der Waals surface area contributed by atoms with Gasteiger partial charge < -0.3 is 0 Å². The lowest BCUT2D eigenvalue weighted by atomic mass is 9.65. The van der Waals surface area contributed by atoms with Crippen molar-refractivity contribution in [2.75, 3.05) is 0 Å². The third kappa shape index (κ3) is 4.80. The third-order valence-corrected chi connectivity index (χ3v) is 17.1. The summed E-state index contributed by atoms with van der Waals surface area (Å²) in [6, 6.07) is 42.8. The van der Waals surface area contributed by atoms with E-state index in [4.69, 9.17) is 0 Å². The molecule has 0 fully saturated rings. The molecule has 0 radical (unpaired) electrons. The van der Waals surface area contributed by atoms with Crippen LogP contribution in [0.2, 0.25) is 0 Å². The van der Waals surface area contributed by atoms with Crippen LogP contribution in [0, 0.1) is 53.2 Å². The van der Waals surface area contributed by atoms with Crippen molar-refractivity contribution >= 4 is 54.7 Å².